The Balaban J connectivity index is 0.00000280. The summed E-state index contributed by atoms with van der Waals surface area (Å²) in [5.74, 6) is 0.843. The number of hydrogen-bond donors (Lipinski definition) is 2. The normalized spacial score (nSPS) is 14.3. The number of guanidine groups is 1. The number of aryl methyl sites for hydroxylation is 2. The molecular formula is C19H32IN7S. The molecule has 1 aliphatic rings. The summed E-state index contributed by atoms with van der Waals surface area (Å²) < 4.78 is 1.92. The van der Waals surface area contributed by atoms with E-state index in [1.54, 1.807) is 11.3 Å². The SMILES string of the molecule is CCNC(=NCc1c(C)nn(C)c1C)NCCc1csc(N2CCCC2)n1.I. The Kier molecular flexibility index (Phi) is 9.00. The Labute approximate surface area is 189 Å². The highest BCUT2D eigenvalue weighted by molar-refractivity contribution is 14.0. The molecule has 0 atom stereocenters. The quantitative estimate of drug-likeness (QED) is 0.336. The first-order valence-electron chi connectivity index (χ1n) is 9.79. The summed E-state index contributed by atoms with van der Waals surface area (Å²) in [6.45, 7) is 10.8. The maximum atomic E-state index is 4.79. The van der Waals surface area contributed by atoms with Crippen molar-refractivity contribution in [3.05, 3.63) is 28.0 Å². The van der Waals surface area contributed by atoms with Gasteiger partial charge in [0.25, 0.3) is 0 Å². The maximum Gasteiger partial charge on any atom is 0.191 e. The zero-order valence-electron chi connectivity index (χ0n) is 17.3. The van der Waals surface area contributed by atoms with Gasteiger partial charge in [-0.25, -0.2) is 9.98 Å². The van der Waals surface area contributed by atoms with E-state index in [4.69, 9.17) is 9.98 Å². The zero-order valence-corrected chi connectivity index (χ0v) is 20.4. The van der Waals surface area contributed by atoms with Crippen LogP contribution in [-0.2, 0) is 20.0 Å². The van der Waals surface area contributed by atoms with Crippen LogP contribution in [0.15, 0.2) is 10.4 Å². The molecule has 0 bridgehead atoms. The van der Waals surface area contributed by atoms with Crippen LogP contribution in [0.1, 0.15) is 42.4 Å². The summed E-state index contributed by atoms with van der Waals surface area (Å²) >= 11 is 1.76. The van der Waals surface area contributed by atoms with Gasteiger partial charge in [0.1, 0.15) is 0 Å². The van der Waals surface area contributed by atoms with E-state index < -0.39 is 0 Å². The molecule has 0 aliphatic carbocycles. The highest BCUT2D eigenvalue weighted by Crippen LogP contribution is 2.24. The lowest BCUT2D eigenvalue weighted by Gasteiger charge is -2.12. The number of rotatable bonds is 7. The van der Waals surface area contributed by atoms with Crippen LogP contribution in [0.4, 0.5) is 5.13 Å². The van der Waals surface area contributed by atoms with Crippen molar-refractivity contribution in [1.82, 2.24) is 25.4 Å². The number of aliphatic imine (C=N–C) groups is 1. The number of anilines is 1. The van der Waals surface area contributed by atoms with Crippen molar-refractivity contribution < 1.29 is 0 Å². The molecule has 2 aromatic heterocycles. The molecule has 0 saturated carbocycles. The number of halogens is 1. The van der Waals surface area contributed by atoms with E-state index >= 15 is 0 Å². The van der Waals surface area contributed by atoms with Crippen LogP contribution in [0.3, 0.4) is 0 Å². The van der Waals surface area contributed by atoms with Crippen molar-refractivity contribution in [2.24, 2.45) is 12.0 Å². The van der Waals surface area contributed by atoms with Crippen molar-refractivity contribution in [1.29, 1.82) is 0 Å². The lowest BCUT2D eigenvalue weighted by Crippen LogP contribution is -2.38. The summed E-state index contributed by atoms with van der Waals surface area (Å²) in [6.07, 6.45) is 3.48. The number of aromatic nitrogens is 3. The molecule has 9 heteroatoms. The molecular weight excluding hydrogens is 485 g/mol. The van der Waals surface area contributed by atoms with Gasteiger partial charge in [-0.1, -0.05) is 0 Å². The molecule has 0 aromatic carbocycles. The summed E-state index contributed by atoms with van der Waals surface area (Å²) in [5.41, 5.74) is 4.57. The molecule has 2 N–H and O–H groups in total. The second-order valence-corrected chi connectivity index (χ2v) is 7.80. The van der Waals surface area contributed by atoms with E-state index in [-0.39, 0.29) is 24.0 Å². The smallest absolute Gasteiger partial charge is 0.191 e. The Hall–Kier alpha value is -1.36. The Morgan fingerprint density at radius 3 is 2.64 bits per heavy atom. The van der Waals surface area contributed by atoms with Crippen LogP contribution in [0.5, 0.6) is 0 Å². The third-order valence-corrected chi connectivity index (χ3v) is 5.94. The number of nitrogens with zero attached hydrogens (tertiary/aromatic N) is 5. The molecule has 28 heavy (non-hydrogen) atoms. The van der Waals surface area contributed by atoms with Crippen LogP contribution in [0, 0.1) is 13.8 Å². The van der Waals surface area contributed by atoms with Crippen molar-refractivity contribution in [3.63, 3.8) is 0 Å². The molecule has 0 radical (unpaired) electrons. The first-order chi connectivity index (χ1) is 13.1. The molecule has 0 amide bonds. The summed E-state index contributed by atoms with van der Waals surface area (Å²) in [4.78, 5) is 11.9. The highest BCUT2D eigenvalue weighted by atomic mass is 127. The summed E-state index contributed by atoms with van der Waals surface area (Å²) in [6, 6.07) is 0. The first kappa shape index (κ1) is 22.9. The van der Waals surface area contributed by atoms with Crippen LogP contribution in [0.25, 0.3) is 0 Å². The molecule has 1 aliphatic heterocycles. The van der Waals surface area contributed by atoms with Gasteiger partial charge in [0.05, 0.1) is 17.9 Å². The molecule has 1 fully saturated rings. The largest absolute Gasteiger partial charge is 0.357 e. The van der Waals surface area contributed by atoms with Gasteiger partial charge >= 0.3 is 0 Å². The molecule has 3 heterocycles. The molecule has 1 saturated heterocycles. The van der Waals surface area contributed by atoms with E-state index in [1.165, 1.54) is 29.2 Å². The fourth-order valence-corrected chi connectivity index (χ4v) is 4.23. The lowest BCUT2D eigenvalue weighted by molar-refractivity contribution is 0.729. The Bertz CT molecular complexity index is 777. The molecule has 2 aromatic rings. The number of nitrogens with one attached hydrogen (secondary N) is 2. The summed E-state index contributed by atoms with van der Waals surface area (Å²) in [7, 11) is 1.98. The van der Waals surface area contributed by atoms with Gasteiger partial charge in [-0.3, -0.25) is 4.68 Å². The van der Waals surface area contributed by atoms with Crippen LogP contribution in [0.2, 0.25) is 0 Å². The zero-order chi connectivity index (χ0) is 19.2. The molecule has 3 rings (SSSR count). The van der Waals surface area contributed by atoms with E-state index in [9.17, 15) is 0 Å². The minimum absolute atomic E-state index is 0. The lowest BCUT2D eigenvalue weighted by atomic mass is 10.2. The van der Waals surface area contributed by atoms with Gasteiger partial charge in [-0.05, 0) is 33.6 Å². The predicted molar refractivity (Wildman–Crippen MR) is 128 cm³/mol. The Morgan fingerprint density at radius 2 is 2.00 bits per heavy atom. The third kappa shape index (κ3) is 5.82. The van der Waals surface area contributed by atoms with Crippen molar-refractivity contribution in [2.75, 3.05) is 31.1 Å². The van der Waals surface area contributed by atoms with E-state index in [0.717, 1.165) is 49.9 Å². The minimum Gasteiger partial charge on any atom is -0.357 e. The van der Waals surface area contributed by atoms with Gasteiger partial charge in [0.15, 0.2) is 11.1 Å². The second kappa shape index (κ2) is 11.0. The van der Waals surface area contributed by atoms with Gasteiger partial charge in [0.2, 0.25) is 0 Å². The van der Waals surface area contributed by atoms with E-state index in [0.29, 0.717) is 6.54 Å². The fraction of sp³-hybridized carbons (Fsp3) is 0.632. The van der Waals surface area contributed by atoms with Gasteiger partial charge < -0.3 is 15.5 Å². The van der Waals surface area contributed by atoms with Crippen LogP contribution < -0.4 is 15.5 Å². The summed E-state index contributed by atoms with van der Waals surface area (Å²) in [5, 5.41) is 14.6. The van der Waals surface area contributed by atoms with Gasteiger partial charge in [-0.15, -0.1) is 35.3 Å². The van der Waals surface area contributed by atoms with Crippen LogP contribution in [-0.4, -0.2) is 46.9 Å². The topological polar surface area (TPSA) is 70.4 Å². The monoisotopic (exact) mass is 517 g/mol. The average molecular weight is 517 g/mol. The molecule has 7 nitrogen and oxygen atoms in total. The number of hydrogen-bond acceptors (Lipinski definition) is 5. The average Bonchev–Trinajstić information content (AvgIpc) is 3.36. The third-order valence-electron chi connectivity index (χ3n) is 4.99. The van der Waals surface area contributed by atoms with Gasteiger partial charge in [-0.2, -0.15) is 5.10 Å². The standard InChI is InChI=1S/C19H31N7S.HI/c1-5-20-18(22-12-17-14(2)24-25(4)15(17)3)21-9-8-16-13-27-19(23-16)26-10-6-7-11-26;/h13H,5-12H2,1-4H3,(H2,20,21,22);1H. The highest BCUT2D eigenvalue weighted by Gasteiger charge is 2.15. The number of thiazole rings is 1. The predicted octanol–water partition coefficient (Wildman–Crippen LogP) is 3.01. The molecule has 156 valence electrons. The molecule has 0 spiro atoms. The Morgan fingerprint density at radius 1 is 1.25 bits per heavy atom. The molecule has 0 unspecified atom stereocenters. The fourth-order valence-electron chi connectivity index (χ4n) is 3.32. The maximum absolute atomic E-state index is 4.79. The van der Waals surface area contributed by atoms with E-state index in [2.05, 4.69) is 39.9 Å². The van der Waals surface area contributed by atoms with E-state index in [1.807, 2.05) is 18.7 Å². The van der Waals surface area contributed by atoms with Crippen molar-refractivity contribution in [2.45, 2.75) is 46.6 Å². The van der Waals surface area contributed by atoms with Crippen molar-refractivity contribution in [3.8, 4) is 0 Å². The van der Waals surface area contributed by atoms with Crippen LogP contribution >= 0.6 is 35.3 Å². The second-order valence-electron chi connectivity index (χ2n) is 6.96. The van der Waals surface area contributed by atoms with Crippen molar-refractivity contribution >= 4 is 46.4 Å². The minimum atomic E-state index is 0. The first-order valence-corrected chi connectivity index (χ1v) is 10.7. The van der Waals surface area contributed by atoms with Gasteiger partial charge in [0, 0.05) is 56.3 Å².